The fourth-order valence-corrected chi connectivity index (χ4v) is 3.49. The van der Waals surface area contributed by atoms with Gasteiger partial charge < -0.3 is 9.47 Å². The highest BCUT2D eigenvalue weighted by molar-refractivity contribution is 7.14. The van der Waals surface area contributed by atoms with Crippen molar-refractivity contribution in [3.8, 4) is 11.5 Å². The smallest absolute Gasteiger partial charge is 0.279 e. The lowest BCUT2D eigenvalue weighted by atomic mass is 10.2. The van der Waals surface area contributed by atoms with Crippen LogP contribution in [0.2, 0.25) is 0 Å². The van der Waals surface area contributed by atoms with Gasteiger partial charge in [-0.1, -0.05) is 20.3 Å². The van der Waals surface area contributed by atoms with Gasteiger partial charge in [0.15, 0.2) is 11.5 Å². The minimum absolute atomic E-state index is 0.331. The summed E-state index contributed by atoms with van der Waals surface area (Å²) >= 11 is 1.43. The van der Waals surface area contributed by atoms with Crippen molar-refractivity contribution >= 4 is 23.2 Å². The summed E-state index contributed by atoms with van der Waals surface area (Å²) < 4.78 is 11.0. The molecule has 2 aromatic rings. The molecule has 2 rings (SSSR count). The van der Waals surface area contributed by atoms with E-state index in [-0.39, 0.29) is 5.91 Å². The van der Waals surface area contributed by atoms with Crippen LogP contribution in [0.1, 0.15) is 57.2 Å². The molecule has 0 atom stereocenters. The predicted octanol–water partition coefficient (Wildman–Crippen LogP) is 3.88. The molecular formula is C20H26N2O4S. The van der Waals surface area contributed by atoms with Crippen molar-refractivity contribution in [2.45, 2.75) is 40.0 Å². The fourth-order valence-electron chi connectivity index (χ4n) is 2.48. The number of ether oxygens (including phenoxy) is 2. The molecule has 0 aliphatic rings. The first kappa shape index (κ1) is 20.8. The molecule has 1 heterocycles. The third-order valence-corrected chi connectivity index (χ3v) is 5.42. The second kappa shape index (κ2) is 9.97. The topological polar surface area (TPSA) is 76.7 Å². The zero-order valence-electron chi connectivity index (χ0n) is 16.2. The molecule has 0 unspecified atom stereocenters. The van der Waals surface area contributed by atoms with Crippen LogP contribution in [-0.2, 0) is 6.42 Å². The van der Waals surface area contributed by atoms with Gasteiger partial charge in [-0.25, -0.2) is 0 Å². The summed E-state index contributed by atoms with van der Waals surface area (Å²) in [6.45, 7) is 6.70. The van der Waals surface area contributed by atoms with Crippen molar-refractivity contribution in [3.63, 3.8) is 0 Å². The maximum atomic E-state index is 12.3. The van der Waals surface area contributed by atoms with Crippen LogP contribution in [0.5, 0.6) is 11.5 Å². The van der Waals surface area contributed by atoms with Gasteiger partial charge in [-0.2, -0.15) is 0 Å². The summed E-state index contributed by atoms with van der Waals surface area (Å²) in [6.07, 6.45) is 2.86. The molecule has 6 nitrogen and oxygen atoms in total. The number of carbonyl (C=O) groups excluding carboxylic acids is 2. The van der Waals surface area contributed by atoms with E-state index in [4.69, 9.17) is 9.47 Å². The quantitative estimate of drug-likeness (QED) is 0.530. The first-order valence-electron chi connectivity index (χ1n) is 9.00. The highest BCUT2D eigenvalue weighted by atomic mass is 32.1. The predicted molar refractivity (Wildman–Crippen MR) is 107 cm³/mol. The van der Waals surface area contributed by atoms with Crippen molar-refractivity contribution in [2.75, 3.05) is 13.7 Å². The van der Waals surface area contributed by atoms with E-state index < -0.39 is 5.91 Å². The van der Waals surface area contributed by atoms with Crippen molar-refractivity contribution < 1.29 is 19.1 Å². The Morgan fingerprint density at radius 2 is 1.81 bits per heavy atom. The number of hydrogen-bond donors (Lipinski definition) is 2. The molecular weight excluding hydrogens is 364 g/mol. The van der Waals surface area contributed by atoms with Crippen molar-refractivity contribution in [3.05, 3.63) is 45.1 Å². The summed E-state index contributed by atoms with van der Waals surface area (Å²) in [6, 6.07) is 6.75. The molecule has 1 aromatic carbocycles. The number of methoxy groups -OCH3 is 1. The van der Waals surface area contributed by atoms with Crippen LogP contribution in [0.4, 0.5) is 0 Å². The Morgan fingerprint density at radius 3 is 2.44 bits per heavy atom. The van der Waals surface area contributed by atoms with Gasteiger partial charge in [0.2, 0.25) is 0 Å². The summed E-state index contributed by atoms with van der Waals surface area (Å²) in [4.78, 5) is 26.3. The maximum Gasteiger partial charge on any atom is 0.279 e. The van der Waals surface area contributed by atoms with Gasteiger partial charge in [0.1, 0.15) is 0 Å². The Labute approximate surface area is 163 Å². The van der Waals surface area contributed by atoms with Crippen molar-refractivity contribution in [1.29, 1.82) is 0 Å². The monoisotopic (exact) mass is 390 g/mol. The molecule has 0 aliphatic heterocycles. The molecule has 0 saturated heterocycles. The molecule has 0 saturated carbocycles. The molecule has 2 N–H and O–H groups in total. The molecule has 0 spiro atoms. The van der Waals surface area contributed by atoms with E-state index >= 15 is 0 Å². The van der Waals surface area contributed by atoms with E-state index in [2.05, 4.69) is 17.8 Å². The SMILES string of the molecule is CCCCOc1ccc(C(=O)NNC(=O)c2cc(C)c(CC)s2)cc1OC. The van der Waals surface area contributed by atoms with E-state index in [0.29, 0.717) is 28.5 Å². The molecule has 7 heteroatoms. The first-order valence-corrected chi connectivity index (χ1v) is 9.82. The highest BCUT2D eigenvalue weighted by Gasteiger charge is 2.15. The number of unbranched alkanes of at least 4 members (excludes halogenated alkanes) is 1. The number of amides is 2. The van der Waals surface area contributed by atoms with Crippen LogP contribution >= 0.6 is 11.3 Å². The molecule has 27 heavy (non-hydrogen) atoms. The minimum atomic E-state index is -0.425. The van der Waals surface area contributed by atoms with Gasteiger partial charge in [-0.05, 0) is 49.6 Å². The minimum Gasteiger partial charge on any atom is -0.493 e. The number of hydrazine groups is 1. The van der Waals surface area contributed by atoms with E-state index in [0.717, 1.165) is 29.7 Å². The number of rotatable bonds is 8. The van der Waals surface area contributed by atoms with E-state index in [1.165, 1.54) is 18.4 Å². The van der Waals surface area contributed by atoms with Crippen LogP contribution in [0.15, 0.2) is 24.3 Å². The second-order valence-corrected chi connectivity index (χ2v) is 7.18. The average molecular weight is 391 g/mol. The van der Waals surface area contributed by atoms with Gasteiger partial charge in [0.25, 0.3) is 11.8 Å². The lowest BCUT2D eigenvalue weighted by molar-refractivity contribution is 0.0848. The Hall–Kier alpha value is -2.54. The molecule has 0 radical (unpaired) electrons. The number of carbonyl (C=O) groups is 2. The van der Waals surface area contributed by atoms with Gasteiger partial charge in [-0.3, -0.25) is 20.4 Å². The Bertz CT molecular complexity index is 801. The Kier molecular flexibility index (Phi) is 7.67. The highest BCUT2D eigenvalue weighted by Crippen LogP contribution is 2.28. The first-order chi connectivity index (χ1) is 13.0. The van der Waals surface area contributed by atoms with Gasteiger partial charge in [0, 0.05) is 10.4 Å². The lowest BCUT2D eigenvalue weighted by Crippen LogP contribution is -2.41. The third-order valence-electron chi connectivity index (χ3n) is 4.04. The van der Waals surface area contributed by atoms with Crippen LogP contribution < -0.4 is 20.3 Å². The van der Waals surface area contributed by atoms with Crippen molar-refractivity contribution in [2.24, 2.45) is 0 Å². The van der Waals surface area contributed by atoms with Crippen molar-refractivity contribution in [1.82, 2.24) is 10.9 Å². The molecule has 0 fully saturated rings. The number of aryl methyl sites for hydroxylation is 2. The standard InChI is InChI=1S/C20H26N2O4S/c1-5-7-10-26-15-9-8-14(12-16(15)25-4)19(23)21-22-20(24)18-11-13(3)17(6-2)27-18/h8-9,11-12H,5-7,10H2,1-4H3,(H,21,23)(H,22,24). The van der Waals surface area contributed by atoms with Gasteiger partial charge in [0.05, 0.1) is 18.6 Å². The Morgan fingerprint density at radius 1 is 1.07 bits per heavy atom. The zero-order valence-corrected chi connectivity index (χ0v) is 17.0. The largest absolute Gasteiger partial charge is 0.493 e. The van der Waals surface area contributed by atoms with Gasteiger partial charge in [-0.15, -0.1) is 11.3 Å². The van der Waals surface area contributed by atoms with E-state index in [1.807, 2.05) is 19.9 Å². The maximum absolute atomic E-state index is 12.3. The third kappa shape index (κ3) is 5.47. The molecule has 0 bridgehead atoms. The average Bonchev–Trinajstić information content (AvgIpc) is 3.07. The van der Waals surface area contributed by atoms with Crippen LogP contribution in [0.25, 0.3) is 0 Å². The normalized spacial score (nSPS) is 10.4. The number of thiophene rings is 1. The van der Waals surface area contributed by atoms with Crippen LogP contribution in [0.3, 0.4) is 0 Å². The molecule has 2 amide bonds. The lowest BCUT2D eigenvalue weighted by Gasteiger charge is -2.12. The van der Waals surface area contributed by atoms with Crippen LogP contribution in [-0.4, -0.2) is 25.5 Å². The zero-order chi connectivity index (χ0) is 19.8. The number of hydrogen-bond acceptors (Lipinski definition) is 5. The number of nitrogens with one attached hydrogen (secondary N) is 2. The summed E-state index contributed by atoms with van der Waals surface area (Å²) in [5, 5.41) is 0. The van der Waals surface area contributed by atoms with Crippen LogP contribution in [0, 0.1) is 6.92 Å². The van der Waals surface area contributed by atoms with E-state index in [9.17, 15) is 9.59 Å². The second-order valence-electron chi connectivity index (χ2n) is 6.05. The summed E-state index contributed by atoms with van der Waals surface area (Å²) in [5.74, 6) is 0.313. The van der Waals surface area contributed by atoms with Gasteiger partial charge >= 0.3 is 0 Å². The fraction of sp³-hybridized carbons (Fsp3) is 0.400. The molecule has 0 aliphatic carbocycles. The molecule has 146 valence electrons. The summed E-state index contributed by atoms with van der Waals surface area (Å²) in [5.41, 5.74) is 6.35. The Balaban J connectivity index is 1.99. The summed E-state index contributed by atoms with van der Waals surface area (Å²) in [7, 11) is 1.52. The molecule has 1 aromatic heterocycles. The number of benzene rings is 1. The van der Waals surface area contributed by atoms with E-state index in [1.54, 1.807) is 18.2 Å².